The van der Waals surface area contributed by atoms with Crippen LogP contribution in [0.15, 0.2) is 18.2 Å². The van der Waals surface area contributed by atoms with Gasteiger partial charge in [0, 0.05) is 36.9 Å². The molecule has 21 heavy (non-hydrogen) atoms. The van der Waals surface area contributed by atoms with Gasteiger partial charge < -0.3 is 9.47 Å². The highest BCUT2D eigenvalue weighted by atomic mass is 79.9. The van der Waals surface area contributed by atoms with Gasteiger partial charge in [0.15, 0.2) is 0 Å². The molecular formula is C16H21BrFNO2. The van der Waals surface area contributed by atoms with Gasteiger partial charge in [-0.2, -0.15) is 0 Å². The van der Waals surface area contributed by atoms with Crippen LogP contribution in [0.25, 0.3) is 0 Å². The Morgan fingerprint density at radius 3 is 2.90 bits per heavy atom. The molecule has 1 aromatic rings. The van der Waals surface area contributed by atoms with Gasteiger partial charge >= 0.3 is 0 Å². The molecule has 0 saturated carbocycles. The molecule has 1 unspecified atom stereocenters. The van der Waals surface area contributed by atoms with E-state index in [0.717, 1.165) is 62.1 Å². The lowest BCUT2D eigenvalue weighted by atomic mass is 10.1. The van der Waals surface area contributed by atoms with Crippen LogP contribution in [0.5, 0.6) is 5.75 Å². The van der Waals surface area contributed by atoms with Crippen molar-refractivity contribution in [3.05, 3.63) is 29.6 Å². The zero-order valence-corrected chi connectivity index (χ0v) is 13.6. The zero-order chi connectivity index (χ0) is 14.7. The molecule has 0 aliphatic carbocycles. The number of benzene rings is 1. The van der Waals surface area contributed by atoms with Gasteiger partial charge in [-0.3, -0.25) is 4.90 Å². The van der Waals surface area contributed by atoms with E-state index in [4.69, 9.17) is 9.47 Å². The van der Waals surface area contributed by atoms with Crippen molar-refractivity contribution in [2.45, 2.75) is 31.5 Å². The second-order valence-electron chi connectivity index (χ2n) is 5.76. The number of ether oxygens (including phenoxy) is 2. The van der Waals surface area contributed by atoms with Crippen molar-refractivity contribution >= 4 is 15.9 Å². The van der Waals surface area contributed by atoms with Crippen LogP contribution in [0.4, 0.5) is 4.39 Å². The van der Waals surface area contributed by atoms with Crippen LogP contribution in [0, 0.1) is 5.82 Å². The van der Waals surface area contributed by atoms with Crippen molar-refractivity contribution in [2.75, 3.05) is 31.6 Å². The first-order valence-corrected chi connectivity index (χ1v) is 8.72. The number of hydrogen-bond donors (Lipinski definition) is 0. The van der Waals surface area contributed by atoms with Gasteiger partial charge in [0.05, 0.1) is 12.7 Å². The van der Waals surface area contributed by atoms with Crippen LogP contribution in [-0.4, -0.2) is 48.7 Å². The fraction of sp³-hybridized carbons (Fsp3) is 0.625. The molecule has 1 fully saturated rings. The van der Waals surface area contributed by atoms with Gasteiger partial charge in [0.25, 0.3) is 0 Å². The van der Waals surface area contributed by atoms with Crippen LogP contribution in [0.1, 0.15) is 18.4 Å². The minimum Gasteiger partial charge on any atom is -0.488 e. The summed E-state index contributed by atoms with van der Waals surface area (Å²) in [5.41, 5.74) is 0.996. The third-order valence-electron chi connectivity index (χ3n) is 4.19. The summed E-state index contributed by atoms with van der Waals surface area (Å²) in [6.07, 6.45) is 3.53. The molecule has 2 heterocycles. The first-order chi connectivity index (χ1) is 10.2. The number of fused-ring (bicyclic) bond motifs is 1. The fourth-order valence-electron chi connectivity index (χ4n) is 3.15. The highest BCUT2D eigenvalue weighted by Gasteiger charge is 2.27. The van der Waals surface area contributed by atoms with Gasteiger partial charge in [-0.05, 0) is 31.0 Å². The first-order valence-electron chi connectivity index (χ1n) is 7.59. The van der Waals surface area contributed by atoms with Gasteiger partial charge in [-0.1, -0.05) is 15.9 Å². The zero-order valence-electron chi connectivity index (χ0n) is 12.1. The summed E-state index contributed by atoms with van der Waals surface area (Å²) in [4.78, 5) is 2.43. The van der Waals surface area contributed by atoms with Crippen LogP contribution in [0.3, 0.4) is 0 Å². The molecule has 1 aromatic carbocycles. The lowest BCUT2D eigenvalue weighted by Gasteiger charge is -2.33. The summed E-state index contributed by atoms with van der Waals surface area (Å²) in [6.45, 7) is 3.81. The van der Waals surface area contributed by atoms with Gasteiger partial charge in [0.1, 0.15) is 17.7 Å². The number of nitrogens with zero attached hydrogens (tertiary/aromatic N) is 1. The van der Waals surface area contributed by atoms with E-state index in [-0.39, 0.29) is 11.9 Å². The highest BCUT2D eigenvalue weighted by molar-refractivity contribution is 9.09. The largest absolute Gasteiger partial charge is 0.488 e. The molecule has 2 aliphatic rings. The van der Waals surface area contributed by atoms with Crippen molar-refractivity contribution in [3.8, 4) is 5.75 Å². The van der Waals surface area contributed by atoms with Crippen molar-refractivity contribution < 1.29 is 13.9 Å². The average molecular weight is 358 g/mol. The van der Waals surface area contributed by atoms with Crippen molar-refractivity contribution in [3.63, 3.8) is 0 Å². The summed E-state index contributed by atoms with van der Waals surface area (Å²) in [7, 11) is 0. The van der Waals surface area contributed by atoms with Gasteiger partial charge in [-0.25, -0.2) is 4.39 Å². The Morgan fingerprint density at radius 2 is 2.14 bits per heavy atom. The molecule has 0 radical (unpaired) electrons. The summed E-state index contributed by atoms with van der Waals surface area (Å²) in [5.74, 6) is 0.666. The number of likely N-dealkylation sites (tertiary alicyclic amines) is 1. The van der Waals surface area contributed by atoms with Gasteiger partial charge in [0.2, 0.25) is 0 Å². The van der Waals surface area contributed by atoms with E-state index < -0.39 is 0 Å². The van der Waals surface area contributed by atoms with Crippen LogP contribution < -0.4 is 4.74 Å². The molecule has 2 aliphatic heterocycles. The third kappa shape index (κ3) is 3.96. The standard InChI is InChI=1S/C16H21BrFNO2/c17-5-8-20-14-3-6-19(7-4-14)11-15-10-12-9-13(18)1-2-16(12)21-15/h1-2,9,14-15H,3-8,10-11H2. The number of halogens is 2. The predicted octanol–water partition coefficient (Wildman–Crippen LogP) is 3.01. The third-order valence-corrected chi connectivity index (χ3v) is 4.51. The lowest BCUT2D eigenvalue weighted by molar-refractivity contribution is 0.00874. The molecule has 0 spiro atoms. The Bertz CT molecular complexity index is 477. The molecule has 3 rings (SSSR count). The van der Waals surface area contributed by atoms with Crippen molar-refractivity contribution in [1.29, 1.82) is 0 Å². The van der Waals surface area contributed by atoms with E-state index in [1.54, 1.807) is 12.1 Å². The lowest BCUT2D eigenvalue weighted by Crippen LogP contribution is -2.42. The molecular weight excluding hydrogens is 337 g/mol. The van der Waals surface area contributed by atoms with E-state index in [9.17, 15) is 4.39 Å². The number of piperidine rings is 1. The smallest absolute Gasteiger partial charge is 0.123 e. The maximum absolute atomic E-state index is 13.2. The average Bonchev–Trinajstić information content (AvgIpc) is 2.88. The Morgan fingerprint density at radius 1 is 1.33 bits per heavy atom. The van der Waals surface area contributed by atoms with Gasteiger partial charge in [-0.15, -0.1) is 0 Å². The molecule has 0 amide bonds. The minimum absolute atomic E-state index is 0.154. The molecule has 5 heteroatoms. The molecule has 116 valence electrons. The van der Waals surface area contributed by atoms with Crippen LogP contribution in [0.2, 0.25) is 0 Å². The number of rotatable bonds is 5. The molecule has 0 N–H and O–H groups in total. The normalized spacial score (nSPS) is 23.0. The van der Waals surface area contributed by atoms with Crippen LogP contribution >= 0.6 is 15.9 Å². The summed E-state index contributed by atoms with van der Waals surface area (Å²) in [5, 5.41) is 0.901. The highest BCUT2D eigenvalue weighted by Crippen LogP contribution is 2.30. The molecule has 0 bridgehead atoms. The second kappa shape index (κ2) is 7.07. The second-order valence-corrected chi connectivity index (χ2v) is 6.55. The SMILES string of the molecule is Fc1ccc2c(c1)CC(CN1CCC(OCCBr)CC1)O2. The summed E-state index contributed by atoms with van der Waals surface area (Å²) in [6, 6.07) is 4.80. The Hall–Kier alpha value is -0.650. The molecule has 1 atom stereocenters. The van der Waals surface area contributed by atoms with Crippen molar-refractivity contribution in [2.24, 2.45) is 0 Å². The fourth-order valence-corrected chi connectivity index (χ4v) is 3.34. The number of hydrogen-bond acceptors (Lipinski definition) is 3. The molecule has 1 saturated heterocycles. The van der Waals surface area contributed by atoms with Crippen molar-refractivity contribution in [1.82, 2.24) is 4.90 Å². The molecule has 3 nitrogen and oxygen atoms in total. The molecule has 0 aromatic heterocycles. The monoisotopic (exact) mass is 357 g/mol. The quantitative estimate of drug-likeness (QED) is 0.756. The van der Waals surface area contributed by atoms with E-state index in [1.807, 2.05) is 0 Å². The summed E-state index contributed by atoms with van der Waals surface area (Å²) < 4.78 is 24.9. The predicted molar refractivity (Wildman–Crippen MR) is 83.7 cm³/mol. The number of alkyl halides is 1. The maximum Gasteiger partial charge on any atom is 0.123 e. The minimum atomic E-state index is -0.178. The Labute approximate surface area is 133 Å². The Balaban J connectivity index is 1.45. The topological polar surface area (TPSA) is 21.7 Å². The van der Waals surface area contributed by atoms with E-state index in [1.165, 1.54) is 6.07 Å². The Kier molecular flexibility index (Phi) is 5.14. The van der Waals surface area contributed by atoms with E-state index in [0.29, 0.717) is 6.10 Å². The van der Waals surface area contributed by atoms with Crippen LogP contribution in [-0.2, 0) is 11.2 Å². The first kappa shape index (κ1) is 15.3. The van der Waals surface area contributed by atoms with E-state index in [2.05, 4.69) is 20.8 Å². The summed E-state index contributed by atoms with van der Waals surface area (Å²) >= 11 is 3.39. The maximum atomic E-state index is 13.2. The van der Waals surface area contributed by atoms with E-state index >= 15 is 0 Å².